The molecule has 1 heterocycles. The normalized spacial score (nSPS) is 11.6. The summed E-state index contributed by atoms with van der Waals surface area (Å²) in [6.07, 6.45) is 5.73. The van der Waals surface area contributed by atoms with Gasteiger partial charge in [0.05, 0.1) is 6.20 Å². The third kappa shape index (κ3) is 2.62. The molecule has 1 rings (SSSR count). The Kier molecular flexibility index (Phi) is 3.28. The number of hydrogen-bond donors (Lipinski definition) is 2. The maximum atomic E-state index is 10.4. The monoisotopic (exact) mass is 195 g/mol. The molecule has 5 nitrogen and oxygen atoms in total. The van der Waals surface area contributed by atoms with Crippen LogP contribution in [0.3, 0.4) is 0 Å². The molecule has 0 radical (unpaired) electrons. The zero-order chi connectivity index (χ0) is 10.6. The first kappa shape index (κ1) is 10.3. The Morgan fingerprint density at radius 1 is 1.79 bits per heavy atom. The molecule has 0 bridgehead atoms. The van der Waals surface area contributed by atoms with Crippen LogP contribution in [0.2, 0.25) is 0 Å². The van der Waals surface area contributed by atoms with E-state index >= 15 is 0 Å². The first-order valence-corrected chi connectivity index (χ1v) is 4.36. The van der Waals surface area contributed by atoms with Crippen LogP contribution in [0.15, 0.2) is 18.1 Å². The smallest absolute Gasteiger partial charge is 0.351 e. The molecule has 1 aromatic heterocycles. The van der Waals surface area contributed by atoms with Gasteiger partial charge in [0.2, 0.25) is 0 Å². The molecule has 14 heavy (non-hydrogen) atoms. The SMILES string of the molecule is CCCn1cc(/C=C(/N)C(=O)O)cn1. The molecule has 0 amide bonds. The summed E-state index contributed by atoms with van der Waals surface area (Å²) < 4.78 is 1.75. The van der Waals surface area contributed by atoms with E-state index < -0.39 is 5.97 Å². The first-order valence-electron chi connectivity index (χ1n) is 4.36. The fourth-order valence-corrected chi connectivity index (χ4v) is 1.05. The van der Waals surface area contributed by atoms with Crippen molar-refractivity contribution in [2.24, 2.45) is 5.73 Å². The first-order chi connectivity index (χ1) is 6.63. The van der Waals surface area contributed by atoms with E-state index in [2.05, 4.69) is 5.10 Å². The molecule has 76 valence electrons. The standard InChI is InChI=1S/C9H13N3O2/c1-2-3-12-6-7(5-11-12)4-8(10)9(13)14/h4-6H,2-3,10H2,1H3,(H,13,14)/b8-4+. The van der Waals surface area contributed by atoms with Gasteiger partial charge in [-0.3, -0.25) is 4.68 Å². The maximum absolute atomic E-state index is 10.4. The number of aryl methyl sites for hydroxylation is 1. The van der Waals surface area contributed by atoms with Crippen LogP contribution in [0.4, 0.5) is 0 Å². The van der Waals surface area contributed by atoms with Crippen LogP contribution in [-0.2, 0) is 11.3 Å². The number of hydrogen-bond acceptors (Lipinski definition) is 3. The lowest BCUT2D eigenvalue weighted by molar-refractivity contribution is -0.132. The molecule has 0 spiro atoms. The second-order valence-corrected chi connectivity index (χ2v) is 2.94. The number of carboxylic acid groups (broad SMARTS) is 1. The molecule has 1 aromatic rings. The summed E-state index contributed by atoms with van der Waals surface area (Å²) in [5.41, 5.74) is 5.78. The van der Waals surface area contributed by atoms with E-state index in [1.807, 2.05) is 6.92 Å². The van der Waals surface area contributed by atoms with Gasteiger partial charge in [-0.25, -0.2) is 4.79 Å². The molecule has 5 heteroatoms. The summed E-state index contributed by atoms with van der Waals surface area (Å²) in [6.45, 7) is 2.86. The highest BCUT2D eigenvalue weighted by Gasteiger charge is 2.02. The predicted molar refractivity (Wildman–Crippen MR) is 52.3 cm³/mol. The number of nitrogens with two attached hydrogens (primary N) is 1. The summed E-state index contributed by atoms with van der Waals surface area (Å²) in [5.74, 6) is -1.12. The molecule has 0 unspecified atom stereocenters. The third-order valence-corrected chi connectivity index (χ3v) is 1.68. The van der Waals surface area contributed by atoms with Gasteiger partial charge in [-0.1, -0.05) is 6.92 Å². The number of rotatable bonds is 4. The Labute approximate surface area is 81.8 Å². The number of nitrogens with zero attached hydrogens (tertiary/aromatic N) is 2. The van der Waals surface area contributed by atoms with Crippen LogP contribution >= 0.6 is 0 Å². The molecule has 0 saturated carbocycles. The quantitative estimate of drug-likeness (QED) is 0.692. The average molecular weight is 195 g/mol. The van der Waals surface area contributed by atoms with Gasteiger partial charge in [0.15, 0.2) is 0 Å². The van der Waals surface area contributed by atoms with Crippen molar-refractivity contribution in [1.29, 1.82) is 0 Å². The highest BCUT2D eigenvalue weighted by atomic mass is 16.4. The van der Waals surface area contributed by atoms with Crippen LogP contribution in [0, 0.1) is 0 Å². The van der Waals surface area contributed by atoms with E-state index in [0.29, 0.717) is 5.56 Å². The van der Waals surface area contributed by atoms with Gasteiger partial charge < -0.3 is 10.8 Å². The summed E-state index contributed by atoms with van der Waals surface area (Å²) in [4.78, 5) is 10.4. The van der Waals surface area contributed by atoms with Gasteiger partial charge in [0, 0.05) is 18.3 Å². The van der Waals surface area contributed by atoms with E-state index in [4.69, 9.17) is 10.8 Å². The Hall–Kier alpha value is -1.78. The zero-order valence-electron chi connectivity index (χ0n) is 7.97. The van der Waals surface area contributed by atoms with Crippen molar-refractivity contribution in [1.82, 2.24) is 9.78 Å². The Morgan fingerprint density at radius 3 is 3.07 bits per heavy atom. The van der Waals surface area contributed by atoms with Crippen molar-refractivity contribution in [3.05, 3.63) is 23.7 Å². The van der Waals surface area contributed by atoms with E-state index in [-0.39, 0.29) is 5.70 Å². The number of aromatic nitrogens is 2. The lowest BCUT2D eigenvalue weighted by atomic mass is 10.3. The second-order valence-electron chi connectivity index (χ2n) is 2.94. The predicted octanol–water partition coefficient (Wildman–Crippen LogP) is 0.677. The van der Waals surface area contributed by atoms with Crippen molar-refractivity contribution in [2.75, 3.05) is 0 Å². The molecule has 0 aromatic carbocycles. The summed E-state index contributed by atoms with van der Waals surface area (Å²) in [7, 11) is 0. The minimum atomic E-state index is -1.12. The van der Waals surface area contributed by atoms with Gasteiger partial charge >= 0.3 is 5.97 Å². The molecule has 0 atom stereocenters. The summed E-state index contributed by atoms with van der Waals surface area (Å²) in [5, 5.41) is 12.6. The molecule has 0 aliphatic heterocycles. The van der Waals surface area contributed by atoms with Crippen LogP contribution in [0.25, 0.3) is 6.08 Å². The van der Waals surface area contributed by atoms with Crippen LogP contribution < -0.4 is 5.73 Å². The molecule has 0 saturated heterocycles. The number of carboxylic acids is 1. The molecular formula is C9H13N3O2. The van der Waals surface area contributed by atoms with Gasteiger partial charge in [-0.05, 0) is 12.5 Å². The van der Waals surface area contributed by atoms with Crippen LogP contribution in [0.5, 0.6) is 0 Å². The molecule has 0 aliphatic carbocycles. The number of aliphatic carboxylic acids is 1. The van der Waals surface area contributed by atoms with E-state index in [9.17, 15) is 4.79 Å². The van der Waals surface area contributed by atoms with Crippen molar-refractivity contribution >= 4 is 12.0 Å². The van der Waals surface area contributed by atoms with Crippen molar-refractivity contribution in [2.45, 2.75) is 19.9 Å². The van der Waals surface area contributed by atoms with E-state index in [1.54, 1.807) is 17.1 Å². The fraction of sp³-hybridized carbons (Fsp3) is 0.333. The number of carbonyl (C=O) groups is 1. The lowest BCUT2D eigenvalue weighted by Crippen LogP contribution is -2.08. The fourth-order valence-electron chi connectivity index (χ4n) is 1.05. The van der Waals surface area contributed by atoms with Crippen LogP contribution in [0.1, 0.15) is 18.9 Å². The largest absolute Gasteiger partial charge is 0.477 e. The second kappa shape index (κ2) is 4.45. The van der Waals surface area contributed by atoms with Gasteiger partial charge in [0.1, 0.15) is 5.70 Å². The van der Waals surface area contributed by atoms with Gasteiger partial charge in [0.25, 0.3) is 0 Å². The lowest BCUT2D eigenvalue weighted by Gasteiger charge is -1.94. The zero-order valence-corrected chi connectivity index (χ0v) is 7.97. The van der Waals surface area contributed by atoms with Crippen molar-refractivity contribution in [3.63, 3.8) is 0 Å². The van der Waals surface area contributed by atoms with Gasteiger partial charge in [-0.15, -0.1) is 0 Å². The molecule has 0 fully saturated rings. The van der Waals surface area contributed by atoms with Crippen LogP contribution in [-0.4, -0.2) is 20.9 Å². The van der Waals surface area contributed by atoms with Crippen molar-refractivity contribution in [3.8, 4) is 0 Å². The Morgan fingerprint density at radius 2 is 2.50 bits per heavy atom. The molecule has 0 aliphatic rings. The maximum Gasteiger partial charge on any atom is 0.351 e. The minimum absolute atomic E-state index is 0.180. The highest BCUT2D eigenvalue weighted by molar-refractivity contribution is 5.90. The molecular weight excluding hydrogens is 182 g/mol. The van der Waals surface area contributed by atoms with Gasteiger partial charge in [-0.2, -0.15) is 5.10 Å². The summed E-state index contributed by atoms with van der Waals surface area (Å²) >= 11 is 0. The Bertz CT molecular complexity index is 355. The third-order valence-electron chi connectivity index (χ3n) is 1.68. The van der Waals surface area contributed by atoms with E-state index in [1.165, 1.54) is 6.08 Å². The molecule has 3 N–H and O–H groups in total. The minimum Gasteiger partial charge on any atom is -0.477 e. The van der Waals surface area contributed by atoms with E-state index in [0.717, 1.165) is 13.0 Å². The summed E-state index contributed by atoms with van der Waals surface area (Å²) in [6, 6.07) is 0. The highest BCUT2D eigenvalue weighted by Crippen LogP contribution is 2.03. The average Bonchev–Trinajstić information content (AvgIpc) is 2.53. The topological polar surface area (TPSA) is 81.1 Å². The van der Waals surface area contributed by atoms with Crippen molar-refractivity contribution < 1.29 is 9.90 Å². The Balaban J connectivity index is 2.77.